The number of nitrogens with one attached hydrogen (secondary N) is 2. The molecule has 1 aliphatic carbocycles. The number of likely N-dealkylation sites (tertiary alicyclic amines) is 1. The van der Waals surface area contributed by atoms with E-state index in [0.29, 0.717) is 31.8 Å². The molecule has 2 atom stereocenters. The van der Waals surface area contributed by atoms with Gasteiger partial charge in [-0.2, -0.15) is 0 Å². The van der Waals surface area contributed by atoms with Gasteiger partial charge < -0.3 is 15.5 Å². The van der Waals surface area contributed by atoms with Gasteiger partial charge in [-0.3, -0.25) is 4.79 Å². The van der Waals surface area contributed by atoms with Gasteiger partial charge in [-0.1, -0.05) is 49.6 Å². The molecule has 3 amide bonds. The lowest BCUT2D eigenvalue weighted by Gasteiger charge is -2.41. The van der Waals surface area contributed by atoms with Crippen molar-refractivity contribution in [3.63, 3.8) is 0 Å². The van der Waals surface area contributed by atoms with E-state index in [2.05, 4.69) is 22.8 Å². The lowest BCUT2D eigenvalue weighted by atomic mass is 9.75. The van der Waals surface area contributed by atoms with E-state index in [4.69, 9.17) is 0 Å². The number of nitrogens with zero attached hydrogens (tertiary/aromatic N) is 1. The highest BCUT2D eigenvalue weighted by molar-refractivity contribution is 5.76. The van der Waals surface area contributed by atoms with Gasteiger partial charge in [0.25, 0.3) is 0 Å². The van der Waals surface area contributed by atoms with E-state index in [9.17, 15) is 9.59 Å². The van der Waals surface area contributed by atoms with E-state index in [1.807, 2.05) is 23.1 Å². The highest BCUT2D eigenvalue weighted by Gasteiger charge is 2.32. The maximum absolute atomic E-state index is 12.4. The Morgan fingerprint density at radius 2 is 1.74 bits per heavy atom. The van der Waals surface area contributed by atoms with E-state index in [-0.39, 0.29) is 11.9 Å². The first-order valence-corrected chi connectivity index (χ1v) is 10.6. The van der Waals surface area contributed by atoms with Gasteiger partial charge in [0.15, 0.2) is 0 Å². The van der Waals surface area contributed by atoms with Crippen molar-refractivity contribution in [1.29, 1.82) is 0 Å². The molecule has 2 aliphatic rings. The van der Waals surface area contributed by atoms with Crippen LogP contribution in [0.3, 0.4) is 0 Å². The molecule has 148 valence electrons. The van der Waals surface area contributed by atoms with Gasteiger partial charge >= 0.3 is 6.03 Å². The summed E-state index contributed by atoms with van der Waals surface area (Å²) >= 11 is 0. The summed E-state index contributed by atoms with van der Waals surface area (Å²) in [4.78, 5) is 26.2. The first-order valence-electron chi connectivity index (χ1n) is 10.6. The van der Waals surface area contributed by atoms with E-state index < -0.39 is 0 Å². The molecule has 1 aliphatic heterocycles. The number of hydrogen-bond acceptors (Lipinski definition) is 2. The van der Waals surface area contributed by atoms with Crippen LogP contribution in [0.4, 0.5) is 4.79 Å². The Morgan fingerprint density at radius 1 is 0.963 bits per heavy atom. The maximum atomic E-state index is 12.4. The van der Waals surface area contributed by atoms with E-state index >= 15 is 0 Å². The standard InChI is InChI=1S/C22H33N3O2/c26-21(23-15-12-18-7-2-1-3-8-18)11-6-14-24-22(27)25-16-13-19-9-4-5-10-20(19)17-25/h1-3,7-8,19-20H,4-6,9-17H2,(H,23,26)(H,24,27). The maximum Gasteiger partial charge on any atom is 0.317 e. The van der Waals surface area contributed by atoms with Crippen LogP contribution in [-0.4, -0.2) is 43.0 Å². The van der Waals surface area contributed by atoms with E-state index in [1.54, 1.807) is 0 Å². The second kappa shape index (κ2) is 10.3. The SMILES string of the molecule is O=C(CCCNC(=O)N1CCC2CCCCC2C1)NCCc1ccccc1. The van der Waals surface area contributed by atoms with Crippen LogP contribution in [0.2, 0.25) is 0 Å². The Balaban J connectivity index is 1.25. The third-order valence-corrected chi connectivity index (χ3v) is 6.01. The zero-order valence-corrected chi connectivity index (χ0v) is 16.3. The molecular weight excluding hydrogens is 338 g/mol. The van der Waals surface area contributed by atoms with Gasteiger partial charge in [0.1, 0.15) is 0 Å². The summed E-state index contributed by atoms with van der Waals surface area (Å²) in [6, 6.07) is 10.2. The van der Waals surface area contributed by atoms with Crippen molar-refractivity contribution in [2.24, 2.45) is 11.8 Å². The van der Waals surface area contributed by atoms with Crippen molar-refractivity contribution in [1.82, 2.24) is 15.5 Å². The molecule has 2 N–H and O–H groups in total. The van der Waals surface area contributed by atoms with Gasteiger partial charge in [-0.25, -0.2) is 4.79 Å². The predicted octanol–water partition coefficient (Wildman–Crippen LogP) is 3.35. The number of hydrogen-bond donors (Lipinski definition) is 2. The molecule has 0 spiro atoms. The molecule has 2 fully saturated rings. The van der Waals surface area contributed by atoms with Gasteiger partial charge in [0.05, 0.1) is 0 Å². The number of piperidine rings is 1. The molecule has 2 unspecified atom stereocenters. The van der Waals surface area contributed by atoms with Crippen molar-refractivity contribution in [2.45, 2.75) is 51.4 Å². The normalized spacial score (nSPS) is 22.0. The van der Waals surface area contributed by atoms with Crippen LogP contribution < -0.4 is 10.6 Å². The van der Waals surface area contributed by atoms with Crippen LogP contribution in [0.1, 0.15) is 50.5 Å². The molecule has 3 rings (SSSR count). The molecule has 1 saturated heterocycles. The minimum absolute atomic E-state index is 0.0449. The second-order valence-corrected chi connectivity index (χ2v) is 7.96. The van der Waals surface area contributed by atoms with Crippen molar-refractivity contribution in [3.8, 4) is 0 Å². The average Bonchev–Trinajstić information content (AvgIpc) is 2.71. The predicted molar refractivity (Wildman–Crippen MR) is 107 cm³/mol. The number of urea groups is 1. The fraction of sp³-hybridized carbons (Fsp3) is 0.636. The Morgan fingerprint density at radius 3 is 2.56 bits per heavy atom. The first-order chi connectivity index (χ1) is 13.2. The lowest BCUT2D eigenvalue weighted by Crippen LogP contribution is -2.48. The molecule has 0 radical (unpaired) electrons. The summed E-state index contributed by atoms with van der Waals surface area (Å²) in [5.41, 5.74) is 1.23. The van der Waals surface area contributed by atoms with Crippen LogP contribution in [0, 0.1) is 11.8 Å². The number of rotatable bonds is 7. The summed E-state index contributed by atoms with van der Waals surface area (Å²) in [6.07, 6.45) is 8.44. The largest absolute Gasteiger partial charge is 0.356 e. The fourth-order valence-electron chi connectivity index (χ4n) is 4.42. The van der Waals surface area contributed by atoms with Gasteiger partial charge in [0.2, 0.25) is 5.91 Å². The summed E-state index contributed by atoms with van der Waals surface area (Å²) in [5.74, 6) is 1.60. The van der Waals surface area contributed by atoms with Crippen molar-refractivity contribution in [2.75, 3.05) is 26.2 Å². The highest BCUT2D eigenvalue weighted by Crippen LogP contribution is 2.35. The third-order valence-electron chi connectivity index (χ3n) is 6.01. The van der Waals surface area contributed by atoms with Gasteiger partial charge in [0, 0.05) is 32.6 Å². The summed E-state index contributed by atoms with van der Waals surface area (Å²) in [7, 11) is 0. The summed E-state index contributed by atoms with van der Waals surface area (Å²) in [6.45, 7) is 3.02. The molecular formula is C22H33N3O2. The number of carbonyl (C=O) groups excluding carboxylic acids is 2. The van der Waals surface area contributed by atoms with E-state index in [1.165, 1.54) is 31.2 Å². The number of amides is 3. The molecule has 1 saturated carbocycles. The molecule has 0 aromatic heterocycles. The average molecular weight is 372 g/mol. The second-order valence-electron chi connectivity index (χ2n) is 7.96. The molecule has 1 aromatic rings. The van der Waals surface area contributed by atoms with Crippen LogP contribution in [-0.2, 0) is 11.2 Å². The molecule has 5 nitrogen and oxygen atoms in total. The van der Waals surface area contributed by atoms with Gasteiger partial charge in [-0.15, -0.1) is 0 Å². The van der Waals surface area contributed by atoms with Crippen LogP contribution in [0.15, 0.2) is 30.3 Å². The third kappa shape index (κ3) is 6.26. The Hall–Kier alpha value is -2.04. The number of benzene rings is 1. The highest BCUT2D eigenvalue weighted by atomic mass is 16.2. The smallest absolute Gasteiger partial charge is 0.317 e. The molecule has 0 bridgehead atoms. The summed E-state index contributed by atoms with van der Waals surface area (Å²) < 4.78 is 0. The van der Waals surface area contributed by atoms with E-state index in [0.717, 1.165) is 31.8 Å². The topological polar surface area (TPSA) is 61.4 Å². The van der Waals surface area contributed by atoms with Gasteiger partial charge in [-0.05, 0) is 43.1 Å². The summed E-state index contributed by atoms with van der Waals surface area (Å²) in [5, 5.41) is 5.94. The molecule has 1 heterocycles. The first kappa shape index (κ1) is 19.7. The number of fused-ring (bicyclic) bond motifs is 1. The minimum atomic E-state index is 0.0449. The monoisotopic (exact) mass is 371 g/mol. The number of carbonyl (C=O) groups is 2. The fourth-order valence-corrected chi connectivity index (χ4v) is 4.42. The minimum Gasteiger partial charge on any atom is -0.356 e. The molecule has 27 heavy (non-hydrogen) atoms. The van der Waals surface area contributed by atoms with Crippen molar-refractivity contribution in [3.05, 3.63) is 35.9 Å². The van der Waals surface area contributed by atoms with Crippen LogP contribution >= 0.6 is 0 Å². The van der Waals surface area contributed by atoms with Crippen LogP contribution in [0.5, 0.6) is 0 Å². The Bertz CT molecular complexity index is 605. The zero-order valence-electron chi connectivity index (χ0n) is 16.3. The van der Waals surface area contributed by atoms with Crippen molar-refractivity contribution >= 4 is 11.9 Å². The Labute approximate surface area is 162 Å². The zero-order chi connectivity index (χ0) is 18.9. The van der Waals surface area contributed by atoms with Crippen molar-refractivity contribution < 1.29 is 9.59 Å². The molecule has 1 aromatic carbocycles. The quantitative estimate of drug-likeness (QED) is 0.722. The molecule has 5 heteroatoms. The Kier molecular flexibility index (Phi) is 7.55. The lowest BCUT2D eigenvalue weighted by molar-refractivity contribution is -0.121. The van der Waals surface area contributed by atoms with Crippen LogP contribution in [0.25, 0.3) is 0 Å².